The summed E-state index contributed by atoms with van der Waals surface area (Å²) in [5.41, 5.74) is 4.30. The van der Waals surface area contributed by atoms with Gasteiger partial charge in [0.1, 0.15) is 5.75 Å². The van der Waals surface area contributed by atoms with E-state index in [-0.39, 0.29) is 0 Å². The maximum Gasteiger partial charge on any atom is 0.138 e. The van der Waals surface area contributed by atoms with Crippen molar-refractivity contribution in [2.24, 2.45) is 7.05 Å². The molecule has 0 aliphatic rings. The maximum absolute atomic E-state index is 5.75. The average Bonchev–Trinajstić information content (AvgIpc) is 2.65. The molecule has 2 rings (SSSR count). The van der Waals surface area contributed by atoms with E-state index in [2.05, 4.69) is 55.3 Å². The van der Waals surface area contributed by atoms with Gasteiger partial charge in [0.15, 0.2) is 0 Å². The van der Waals surface area contributed by atoms with E-state index in [4.69, 9.17) is 4.74 Å². The van der Waals surface area contributed by atoms with Crippen molar-refractivity contribution in [3.8, 4) is 5.75 Å². The fourth-order valence-corrected chi connectivity index (χ4v) is 3.69. The molecule has 0 unspecified atom stereocenters. The fourth-order valence-electron chi connectivity index (χ4n) is 2.26. The van der Waals surface area contributed by atoms with Crippen molar-refractivity contribution in [2.75, 3.05) is 11.9 Å². The molecule has 0 saturated heterocycles. The largest absolute Gasteiger partial charge is 0.492 e. The van der Waals surface area contributed by atoms with E-state index in [1.807, 2.05) is 31.6 Å². The molecule has 21 heavy (non-hydrogen) atoms. The first kappa shape index (κ1) is 16.4. The minimum atomic E-state index is 0.637. The van der Waals surface area contributed by atoms with Gasteiger partial charge in [-0.3, -0.25) is 4.68 Å². The standard InChI is InChI=1S/C15H19Br2N3O/c1-5-21-15-11(6-12(16)7-13(15)17)8-18-14-9(2)19-20(4)10(14)3/h6-7,18H,5,8H2,1-4H3. The van der Waals surface area contributed by atoms with E-state index in [9.17, 15) is 0 Å². The van der Waals surface area contributed by atoms with Crippen molar-refractivity contribution in [3.05, 3.63) is 38.0 Å². The lowest BCUT2D eigenvalue weighted by Gasteiger charge is -2.14. The molecule has 1 aromatic carbocycles. The topological polar surface area (TPSA) is 39.1 Å². The normalized spacial score (nSPS) is 10.8. The molecule has 1 heterocycles. The first-order valence-corrected chi connectivity index (χ1v) is 8.37. The number of rotatable bonds is 5. The summed E-state index contributed by atoms with van der Waals surface area (Å²) in [5.74, 6) is 0.882. The van der Waals surface area contributed by atoms with Crippen LogP contribution in [-0.2, 0) is 13.6 Å². The number of hydrogen-bond acceptors (Lipinski definition) is 3. The van der Waals surface area contributed by atoms with Gasteiger partial charge in [0.25, 0.3) is 0 Å². The van der Waals surface area contributed by atoms with Crippen molar-refractivity contribution in [1.82, 2.24) is 9.78 Å². The SMILES string of the molecule is CCOc1c(Br)cc(Br)cc1CNc1c(C)nn(C)c1C. The Balaban J connectivity index is 2.27. The average molecular weight is 417 g/mol. The smallest absolute Gasteiger partial charge is 0.138 e. The molecule has 6 heteroatoms. The van der Waals surface area contributed by atoms with E-state index < -0.39 is 0 Å². The predicted octanol–water partition coefficient (Wildman–Crippen LogP) is 4.57. The molecule has 4 nitrogen and oxygen atoms in total. The monoisotopic (exact) mass is 415 g/mol. The zero-order valence-electron chi connectivity index (χ0n) is 12.6. The zero-order chi connectivity index (χ0) is 15.6. The first-order valence-electron chi connectivity index (χ1n) is 6.78. The number of halogens is 2. The molecule has 0 amide bonds. The molecule has 0 aliphatic heterocycles. The Hall–Kier alpha value is -1.01. The molecule has 1 aromatic heterocycles. The second-order valence-electron chi connectivity index (χ2n) is 4.83. The van der Waals surface area contributed by atoms with Crippen molar-refractivity contribution in [3.63, 3.8) is 0 Å². The number of anilines is 1. The Labute approximate surface area is 142 Å². The Morgan fingerprint density at radius 2 is 2.00 bits per heavy atom. The summed E-state index contributed by atoms with van der Waals surface area (Å²) in [7, 11) is 1.95. The number of ether oxygens (including phenoxy) is 1. The van der Waals surface area contributed by atoms with E-state index in [0.29, 0.717) is 13.2 Å². The van der Waals surface area contributed by atoms with Crippen LogP contribution in [0.3, 0.4) is 0 Å². The molecule has 0 radical (unpaired) electrons. The number of aryl methyl sites for hydroxylation is 2. The Morgan fingerprint density at radius 3 is 2.57 bits per heavy atom. The molecular weight excluding hydrogens is 398 g/mol. The summed E-state index contributed by atoms with van der Waals surface area (Å²) in [6.07, 6.45) is 0. The van der Waals surface area contributed by atoms with Crippen molar-refractivity contribution < 1.29 is 4.74 Å². The van der Waals surface area contributed by atoms with Crippen LogP contribution in [0.15, 0.2) is 21.1 Å². The highest BCUT2D eigenvalue weighted by molar-refractivity contribution is 9.11. The highest BCUT2D eigenvalue weighted by atomic mass is 79.9. The summed E-state index contributed by atoms with van der Waals surface area (Å²) < 4.78 is 9.61. The molecule has 0 saturated carbocycles. The lowest BCUT2D eigenvalue weighted by molar-refractivity contribution is 0.334. The number of benzene rings is 1. The van der Waals surface area contributed by atoms with Gasteiger partial charge in [0, 0.05) is 23.6 Å². The number of nitrogens with one attached hydrogen (secondary N) is 1. The van der Waals surface area contributed by atoms with Gasteiger partial charge in [-0.05, 0) is 48.8 Å². The Bertz CT molecular complexity index is 653. The van der Waals surface area contributed by atoms with Gasteiger partial charge in [0.2, 0.25) is 0 Å². The van der Waals surface area contributed by atoms with Gasteiger partial charge < -0.3 is 10.1 Å². The second-order valence-corrected chi connectivity index (χ2v) is 6.60. The van der Waals surface area contributed by atoms with Crippen LogP contribution in [0.1, 0.15) is 23.9 Å². The third kappa shape index (κ3) is 3.61. The van der Waals surface area contributed by atoms with Gasteiger partial charge in [-0.2, -0.15) is 5.10 Å². The summed E-state index contributed by atoms with van der Waals surface area (Å²) in [6.45, 7) is 7.37. The van der Waals surface area contributed by atoms with Crippen LogP contribution in [0.5, 0.6) is 5.75 Å². The number of nitrogens with zero attached hydrogens (tertiary/aromatic N) is 2. The molecular formula is C15H19Br2N3O. The molecule has 0 spiro atoms. The first-order chi connectivity index (χ1) is 9.93. The van der Waals surface area contributed by atoms with E-state index in [1.165, 1.54) is 0 Å². The van der Waals surface area contributed by atoms with Crippen molar-refractivity contribution in [2.45, 2.75) is 27.3 Å². The van der Waals surface area contributed by atoms with Crippen LogP contribution in [-0.4, -0.2) is 16.4 Å². The van der Waals surface area contributed by atoms with Gasteiger partial charge >= 0.3 is 0 Å². The van der Waals surface area contributed by atoms with Gasteiger partial charge in [-0.15, -0.1) is 0 Å². The zero-order valence-corrected chi connectivity index (χ0v) is 15.8. The van der Waals surface area contributed by atoms with E-state index in [1.54, 1.807) is 0 Å². The summed E-state index contributed by atoms with van der Waals surface area (Å²) in [5, 5.41) is 7.89. The second kappa shape index (κ2) is 6.83. The Kier molecular flexibility index (Phi) is 5.32. The van der Waals surface area contributed by atoms with Crippen LogP contribution in [0, 0.1) is 13.8 Å². The lowest BCUT2D eigenvalue weighted by atomic mass is 10.2. The van der Waals surface area contributed by atoms with Crippen LogP contribution in [0.4, 0.5) is 5.69 Å². The van der Waals surface area contributed by atoms with Crippen LogP contribution in [0.2, 0.25) is 0 Å². The Morgan fingerprint density at radius 1 is 1.29 bits per heavy atom. The van der Waals surface area contributed by atoms with Crippen LogP contribution >= 0.6 is 31.9 Å². The van der Waals surface area contributed by atoms with E-state index >= 15 is 0 Å². The molecule has 0 atom stereocenters. The summed E-state index contributed by atoms with van der Waals surface area (Å²) in [4.78, 5) is 0. The molecule has 2 aromatic rings. The lowest BCUT2D eigenvalue weighted by Crippen LogP contribution is -2.05. The number of hydrogen-bond donors (Lipinski definition) is 1. The predicted molar refractivity (Wildman–Crippen MR) is 93.0 cm³/mol. The van der Waals surface area contributed by atoms with Crippen molar-refractivity contribution >= 4 is 37.5 Å². The molecule has 0 bridgehead atoms. The minimum Gasteiger partial charge on any atom is -0.492 e. The molecule has 0 fully saturated rings. The quantitative estimate of drug-likeness (QED) is 0.775. The third-order valence-corrected chi connectivity index (χ3v) is 4.39. The highest BCUT2D eigenvalue weighted by Gasteiger charge is 2.13. The third-order valence-electron chi connectivity index (χ3n) is 3.34. The van der Waals surface area contributed by atoms with E-state index in [0.717, 1.165) is 37.3 Å². The van der Waals surface area contributed by atoms with Crippen molar-refractivity contribution in [1.29, 1.82) is 0 Å². The maximum atomic E-state index is 5.75. The molecule has 0 aliphatic carbocycles. The minimum absolute atomic E-state index is 0.637. The molecule has 114 valence electrons. The van der Waals surface area contributed by atoms with Gasteiger partial charge in [-0.1, -0.05) is 15.9 Å². The molecule has 1 N–H and O–H groups in total. The number of aromatic nitrogens is 2. The summed E-state index contributed by atoms with van der Waals surface area (Å²) in [6, 6.07) is 4.07. The van der Waals surface area contributed by atoms with Gasteiger partial charge in [0.05, 0.1) is 28.2 Å². The van der Waals surface area contributed by atoms with Gasteiger partial charge in [-0.25, -0.2) is 0 Å². The fraction of sp³-hybridized carbons (Fsp3) is 0.400. The highest BCUT2D eigenvalue weighted by Crippen LogP contribution is 2.33. The van der Waals surface area contributed by atoms with Crippen LogP contribution < -0.4 is 10.1 Å². The van der Waals surface area contributed by atoms with Crippen LogP contribution in [0.25, 0.3) is 0 Å². The summed E-state index contributed by atoms with van der Waals surface area (Å²) >= 11 is 7.09.